The largest absolute Gasteiger partial charge is 0.486 e. The summed E-state index contributed by atoms with van der Waals surface area (Å²) >= 11 is 1.21. The number of rotatable bonds is 5. The smallest absolute Gasteiger partial charge is 0.277 e. The van der Waals surface area contributed by atoms with E-state index in [0.717, 1.165) is 22.2 Å². The van der Waals surface area contributed by atoms with Crippen molar-refractivity contribution < 1.29 is 18.7 Å². The molecule has 0 radical (unpaired) electrons. The number of hydrogen-bond acceptors (Lipinski definition) is 7. The van der Waals surface area contributed by atoms with Crippen molar-refractivity contribution in [2.24, 2.45) is 0 Å². The Labute approximate surface area is 188 Å². The molecule has 164 valence electrons. The van der Waals surface area contributed by atoms with Gasteiger partial charge in [0.2, 0.25) is 11.8 Å². The molecule has 4 aromatic rings. The molecule has 32 heavy (non-hydrogen) atoms. The predicted octanol–water partition coefficient (Wildman–Crippen LogP) is 4.73. The first-order valence-electron chi connectivity index (χ1n) is 10.3. The maximum atomic E-state index is 12.7. The number of H-pyrrole nitrogens is 1. The lowest BCUT2D eigenvalue weighted by Gasteiger charge is -2.19. The molecular formula is C23H22N4O4S. The van der Waals surface area contributed by atoms with Crippen molar-refractivity contribution in [3.05, 3.63) is 47.7 Å². The number of nitrogens with zero attached hydrogens (tertiary/aromatic N) is 2. The maximum Gasteiger partial charge on any atom is 0.277 e. The standard InChI is InChI=1S/C23H22N4O4S/c1-12-13(2)24-18-6-4-15(10-17(12)18)22-26-27-23(31-22)32-14(3)21(28)25-16-5-7-19-20(11-16)30-9-8-29-19/h4-7,10-11,14,24H,8-9H2,1-3H3,(H,25,28)/t14-/m0/s1. The van der Waals surface area contributed by atoms with E-state index in [2.05, 4.69) is 27.4 Å². The van der Waals surface area contributed by atoms with Gasteiger partial charge in [-0.05, 0) is 56.7 Å². The van der Waals surface area contributed by atoms with E-state index in [9.17, 15) is 4.79 Å². The minimum absolute atomic E-state index is 0.175. The number of anilines is 1. The second-order valence-electron chi connectivity index (χ2n) is 7.62. The molecule has 1 amide bonds. The van der Waals surface area contributed by atoms with Crippen molar-refractivity contribution in [1.29, 1.82) is 0 Å². The van der Waals surface area contributed by atoms with Crippen LogP contribution in [0.2, 0.25) is 0 Å². The molecule has 0 saturated heterocycles. The Morgan fingerprint density at radius 3 is 2.75 bits per heavy atom. The van der Waals surface area contributed by atoms with E-state index < -0.39 is 5.25 Å². The van der Waals surface area contributed by atoms with Gasteiger partial charge in [0.1, 0.15) is 13.2 Å². The molecule has 0 unspecified atom stereocenters. The summed E-state index contributed by atoms with van der Waals surface area (Å²) < 4.78 is 16.9. The van der Waals surface area contributed by atoms with Crippen LogP contribution in [-0.4, -0.2) is 39.6 Å². The number of carbonyl (C=O) groups excluding carboxylic acids is 1. The van der Waals surface area contributed by atoms with Crippen LogP contribution >= 0.6 is 11.8 Å². The van der Waals surface area contributed by atoms with E-state index in [-0.39, 0.29) is 5.91 Å². The number of ether oxygens (including phenoxy) is 2. The molecule has 2 aromatic heterocycles. The highest BCUT2D eigenvalue weighted by atomic mass is 32.2. The third-order valence-electron chi connectivity index (χ3n) is 5.42. The van der Waals surface area contributed by atoms with Crippen molar-refractivity contribution in [2.45, 2.75) is 31.2 Å². The van der Waals surface area contributed by atoms with Gasteiger partial charge in [0.25, 0.3) is 5.22 Å². The van der Waals surface area contributed by atoms with Crippen LogP contribution in [0, 0.1) is 13.8 Å². The van der Waals surface area contributed by atoms with Crippen LogP contribution in [0.25, 0.3) is 22.4 Å². The van der Waals surface area contributed by atoms with E-state index in [4.69, 9.17) is 13.9 Å². The number of hydrogen-bond donors (Lipinski definition) is 2. The van der Waals surface area contributed by atoms with Gasteiger partial charge in [0.15, 0.2) is 11.5 Å². The average Bonchev–Trinajstić information content (AvgIpc) is 3.37. The molecule has 0 aliphatic carbocycles. The summed E-state index contributed by atoms with van der Waals surface area (Å²) in [7, 11) is 0. The summed E-state index contributed by atoms with van der Waals surface area (Å²) in [6, 6.07) is 11.3. The van der Waals surface area contributed by atoms with Gasteiger partial charge in [-0.2, -0.15) is 0 Å². The normalized spacial score (nSPS) is 13.8. The summed E-state index contributed by atoms with van der Waals surface area (Å²) in [5, 5.41) is 12.2. The Kier molecular flexibility index (Phi) is 5.26. The SMILES string of the molecule is Cc1[nH]c2ccc(-c3nnc(S[C@@H](C)C(=O)Nc4ccc5c(c4)OCCO5)o3)cc2c1C. The van der Waals surface area contributed by atoms with Crippen LogP contribution in [0.1, 0.15) is 18.2 Å². The molecule has 0 saturated carbocycles. The number of benzene rings is 2. The molecule has 1 aliphatic rings. The Balaban J connectivity index is 1.27. The van der Waals surface area contributed by atoms with Crippen LogP contribution in [-0.2, 0) is 4.79 Å². The molecule has 0 fully saturated rings. The van der Waals surface area contributed by atoms with Gasteiger partial charge in [0.05, 0.1) is 5.25 Å². The average molecular weight is 451 g/mol. The summed E-state index contributed by atoms with van der Waals surface area (Å²) in [6.45, 7) is 6.94. The molecular weight excluding hydrogens is 428 g/mol. The predicted molar refractivity (Wildman–Crippen MR) is 122 cm³/mol. The van der Waals surface area contributed by atoms with Gasteiger partial charge in [0, 0.05) is 33.9 Å². The minimum Gasteiger partial charge on any atom is -0.486 e. The molecule has 2 N–H and O–H groups in total. The lowest BCUT2D eigenvalue weighted by Crippen LogP contribution is -2.22. The van der Waals surface area contributed by atoms with Crippen LogP contribution < -0.4 is 14.8 Å². The molecule has 0 spiro atoms. The van der Waals surface area contributed by atoms with Crippen LogP contribution in [0.15, 0.2) is 46.0 Å². The topological polar surface area (TPSA) is 102 Å². The monoisotopic (exact) mass is 450 g/mol. The number of thioether (sulfide) groups is 1. The van der Waals surface area contributed by atoms with E-state index in [1.807, 2.05) is 25.1 Å². The Morgan fingerprint density at radius 1 is 1.09 bits per heavy atom. The van der Waals surface area contributed by atoms with Gasteiger partial charge in [-0.25, -0.2) is 0 Å². The molecule has 9 heteroatoms. The fourth-order valence-electron chi connectivity index (χ4n) is 3.54. The second-order valence-corrected chi connectivity index (χ2v) is 8.91. The summed E-state index contributed by atoms with van der Waals surface area (Å²) in [4.78, 5) is 16.0. The highest BCUT2D eigenvalue weighted by Gasteiger charge is 2.20. The zero-order valence-corrected chi connectivity index (χ0v) is 18.7. The van der Waals surface area contributed by atoms with Crippen molar-refractivity contribution in [3.63, 3.8) is 0 Å². The maximum absolute atomic E-state index is 12.7. The lowest BCUT2D eigenvalue weighted by molar-refractivity contribution is -0.115. The molecule has 1 aliphatic heterocycles. The Morgan fingerprint density at radius 2 is 1.91 bits per heavy atom. The number of aryl methyl sites for hydroxylation is 2. The fraction of sp³-hybridized carbons (Fsp3) is 0.261. The number of aromatic nitrogens is 3. The van der Waals surface area contributed by atoms with Crippen molar-refractivity contribution >= 4 is 34.3 Å². The number of nitrogens with one attached hydrogen (secondary N) is 2. The highest BCUT2D eigenvalue weighted by molar-refractivity contribution is 8.00. The van der Waals surface area contributed by atoms with E-state index in [1.165, 1.54) is 17.3 Å². The van der Waals surface area contributed by atoms with Gasteiger partial charge < -0.3 is 24.2 Å². The van der Waals surface area contributed by atoms with Gasteiger partial charge in [-0.1, -0.05) is 11.8 Å². The van der Waals surface area contributed by atoms with Gasteiger partial charge >= 0.3 is 0 Å². The third kappa shape index (κ3) is 3.91. The minimum atomic E-state index is -0.437. The first kappa shape index (κ1) is 20.4. The quantitative estimate of drug-likeness (QED) is 0.424. The third-order valence-corrected chi connectivity index (χ3v) is 6.35. The highest BCUT2D eigenvalue weighted by Crippen LogP contribution is 2.33. The van der Waals surface area contributed by atoms with Crippen LogP contribution in [0.4, 0.5) is 5.69 Å². The number of carbonyl (C=O) groups is 1. The van der Waals surface area contributed by atoms with Gasteiger partial charge in [-0.15, -0.1) is 10.2 Å². The number of aromatic amines is 1. The Hall–Kier alpha value is -3.46. The number of fused-ring (bicyclic) bond motifs is 2. The first-order valence-corrected chi connectivity index (χ1v) is 11.2. The van der Waals surface area contributed by atoms with E-state index in [0.29, 0.717) is 41.5 Å². The van der Waals surface area contributed by atoms with E-state index >= 15 is 0 Å². The zero-order valence-electron chi connectivity index (χ0n) is 17.9. The van der Waals surface area contributed by atoms with E-state index in [1.54, 1.807) is 25.1 Å². The van der Waals surface area contributed by atoms with Crippen molar-refractivity contribution in [2.75, 3.05) is 18.5 Å². The molecule has 8 nitrogen and oxygen atoms in total. The Bertz CT molecular complexity index is 1310. The zero-order chi connectivity index (χ0) is 22.2. The molecule has 3 heterocycles. The van der Waals surface area contributed by atoms with Crippen LogP contribution in [0.3, 0.4) is 0 Å². The van der Waals surface area contributed by atoms with Crippen LogP contribution in [0.5, 0.6) is 11.5 Å². The lowest BCUT2D eigenvalue weighted by atomic mass is 10.1. The van der Waals surface area contributed by atoms with Crippen molar-refractivity contribution in [3.8, 4) is 23.0 Å². The fourth-order valence-corrected chi connectivity index (χ4v) is 4.22. The first-order chi connectivity index (χ1) is 15.5. The van der Waals surface area contributed by atoms with Crippen molar-refractivity contribution in [1.82, 2.24) is 15.2 Å². The molecule has 0 bridgehead atoms. The summed E-state index contributed by atoms with van der Waals surface area (Å²) in [5.74, 6) is 1.55. The number of amides is 1. The molecule has 2 aromatic carbocycles. The summed E-state index contributed by atoms with van der Waals surface area (Å²) in [6.07, 6.45) is 0. The summed E-state index contributed by atoms with van der Waals surface area (Å²) in [5.41, 5.74) is 4.88. The van der Waals surface area contributed by atoms with Gasteiger partial charge in [-0.3, -0.25) is 4.79 Å². The molecule has 5 rings (SSSR count). The second kappa shape index (κ2) is 8.23. The molecule has 1 atom stereocenters.